The minimum Gasteiger partial charge on any atom is -0.324 e. The molecular weight excluding hydrogens is 291 g/mol. The normalized spacial score (nSPS) is 12.2. The van der Waals surface area contributed by atoms with Crippen molar-refractivity contribution in [3.05, 3.63) is 63.5 Å². The molecule has 0 aliphatic heterocycles. The zero-order valence-corrected chi connectivity index (χ0v) is 12.5. The molecule has 0 bridgehead atoms. The zero-order chi connectivity index (χ0) is 15.6. The monoisotopic (exact) mass is 306 g/mol. The highest BCUT2D eigenvalue weighted by molar-refractivity contribution is 7.99. The molecule has 0 aliphatic rings. The van der Waals surface area contributed by atoms with Crippen LogP contribution in [0.1, 0.15) is 24.1 Å². The predicted octanol–water partition coefficient (Wildman–Crippen LogP) is 4.21. The average molecular weight is 306 g/mol. The fourth-order valence-corrected chi connectivity index (χ4v) is 3.00. The third-order valence-corrected chi connectivity index (χ3v) is 4.14. The number of nitrogens with zero attached hydrogens (tertiary/aromatic N) is 1. The lowest BCUT2D eigenvalue weighted by Crippen LogP contribution is -2.07. The summed E-state index contributed by atoms with van der Waals surface area (Å²) >= 11 is 1.42. The van der Waals surface area contributed by atoms with Gasteiger partial charge >= 0.3 is 0 Å². The Hall–Kier alpha value is -1.92. The summed E-state index contributed by atoms with van der Waals surface area (Å²) in [4.78, 5) is 11.9. The van der Waals surface area contributed by atoms with Gasteiger partial charge in [0.25, 0.3) is 5.69 Å². The van der Waals surface area contributed by atoms with E-state index in [0.717, 1.165) is 15.4 Å². The maximum Gasteiger partial charge on any atom is 0.269 e. The molecule has 6 heteroatoms. The first-order valence-electron chi connectivity index (χ1n) is 6.36. The summed E-state index contributed by atoms with van der Waals surface area (Å²) in [5.74, 6) is -0.282. The number of aryl methyl sites for hydroxylation is 1. The minimum atomic E-state index is -0.441. The van der Waals surface area contributed by atoms with Crippen LogP contribution in [0, 0.1) is 22.9 Å². The Labute approximate surface area is 126 Å². The first kappa shape index (κ1) is 15.5. The summed E-state index contributed by atoms with van der Waals surface area (Å²) in [5, 5.41) is 10.6. The molecule has 0 spiro atoms. The number of nitrogens with two attached hydrogens (primary N) is 1. The lowest BCUT2D eigenvalue weighted by molar-refractivity contribution is -0.384. The van der Waals surface area contributed by atoms with Gasteiger partial charge in [-0.05, 0) is 49.2 Å². The SMILES string of the molecule is Cc1cc(Sc2ccc([N+](=O)[O-])cc2)c(C(C)N)cc1F. The Balaban J connectivity index is 2.34. The van der Waals surface area contributed by atoms with E-state index in [1.54, 1.807) is 32.0 Å². The van der Waals surface area contributed by atoms with Crippen molar-refractivity contribution in [2.24, 2.45) is 5.73 Å². The molecule has 0 heterocycles. The van der Waals surface area contributed by atoms with Gasteiger partial charge in [-0.25, -0.2) is 4.39 Å². The van der Waals surface area contributed by atoms with E-state index in [1.807, 2.05) is 0 Å². The molecule has 21 heavy (non-hydrogen) atoms. The van der Waals surface area contributed by atoms with Gasteiger partial charge < -0.3 is 5.73 Å². The Kier molecular flexibility index (Phi) is 4.59. The number of nitro benzene ring substituents is 1. The van der Waals surface area contributed by atoms with Gasteiger partial charge in [-0.1, -0.05) is 11.8 Å². The van der Waals surface area contributed by atoms with Crippen LogP contribution in [0.25, 0.3) is 0 Å². The zero-order valence-electron chi connectivity index (χ0n) is 11.7. The predicted molar refractivity (Wildman–Crippen MR) is 81.0 cm³/mol. The molecule has 1 atom stereocenters. The summed E-state index contributed by atoms with van der Waals surface area (Å²) in [7, 11) is 0. The number of nitro groups is 1. The van der Waals surface area contributed by atoms with Crippen LogP contribution in [0.4, 0.5) is 10.1 Å². The highest BCUT2D eigenvalue weighted by Crippen LogP contribution is 2.35. The summed E-state index contributed by atoms with van der Waals surface area (Å²) in [6.07, 6.45) is 0. The molecule has 0 aliphatic carbocycles. The summed E-state index contributed by atoms with van der Waals surface area (Å²) in [5.41, 5.74) is 7.19. The van der Waals surface area contributed by atoms with Crippen molar-refractivity contribution in [3.8, 4) is 0 Å². The van der Waals surface area contributed by atoms with Gasteiger partial charge in [0.2, 0.25) is 0 Å². The van der Waals surface area contributed by atoms with E-state index in [-0.39, 0.29) is 17.5 Å². The van der Waals surface area contributed by atoms with Gasteiger partial charge in [0.15, 0.2) is 0 Å². The van der Waals surface area contributed by atoms with Gasteiger partial charge in [-0.2, -0.15) is 0 Å². The quantitative estimate of drug-likeness (QED) is 0.678. The minimum absolute atomic E-state index is 0.0436. The molecule has 2 N–H and O–H groups in total. The molecule has 0 amide bonds. The standard InChI is InChI=1S/C15H15FN2O2S/c1-9-7-15(13(10(2)17)8-14(9)16)21-12-5-3-11(4-6-12)18(19)20/h3-8,10H,17H2,1-2H3. The molecule has 2 aromatic carbocycles. The fraction of sp³-hybridized carbons (Fsp3) is 0.200. The van der Waals surface area contributed by atoms with Gasteiger partial charge in [-0.15, -0.1) is 0 Å². The molecular formula is C15H15FN2O2S. The number of halogens is 1. The molecule has 2 rings (SSSR count). The summed E-state index contributed by atoms with van der Waals surface area (Å²) in [6.45, 7) is 3.49. The molecule has 0 saturated heterocycles. The van der Waals surface area contributed by atoms with Crippen molar-refractivity contribution in [2.75, 3.05) is 0 Å². The van der Waals surface area contributed by atoms with E-state index in [2.05, 4.69) is 0 Å². The Morgan fingerprint density at radius 1 is 1.29 bits per heavy atom. The lowest BCUT2D eigenvalue weighted by Gasteiger charge is -2.14. The maximum absolute atomic E-state index is 13.7. The summed E-state index contributed by atoms with van der Waals surface area (Å²) < 4.78 is 13.7. The Morgan fingerprint density at radius 3 is 2.43 bits per heavy atom. The van der Waals surface area contributed by atoms with E-state index in [0.29, 0.717) is 5.56 Å². The second-order valence-corrected chi connectivity index (χ2v) is 5.90. The molecule has 0 aromatic heterocycles. The van der Waals surface area contributed by atoms with Crippen LogP contribution in [0.3, 0.4) is 0 Å². The van der Waals surface area contributed by atoms with Crippen LogP contribution in [0.5, 0.6) is 0 Å². The Bertz CT molecular complexity index is 672. The van der Waals surface area contributed by atoms with Gasteiger partial charge in [0.05, 0.1) is 4.92 Å². The van der Waals surface area contributed by atoms with E-state index >= 15 is 0 Å². The second-order valence-electron chi connectivity index (χ2n) is 4.78. The molecule has 0 radical (unpaired) electrons. The third-order valence-electron chi connectivity index (χ3n) is 3.06. The summed E-state index contributed by atoms with van der Waals surface area (Å²) in [6, 6.07) is 9.15. The number of hydrogen-bond acceptors (Lipinski definition) is 4. The van der Waals surface area contributed by atoms with Crippen molar-refractivity contribution in [3.63, 3.8) is 0 Å². The van der Waals surface area contributed by atoms with Crippen molar-refractivity contribution < 1.29 is 9.31 Å². The van der Waals surface area contributed by atoms with E-state index < -0.39 is 4.92 Å². The third kappa shape index (κ3) is 3.59. The first-order chi connectivity index (χ1) is 9.88. The second kappa shape index (κ2) is 6.24. The molecule has 2 aromatic rings. The van der Waals surface area contributed by atoms with Crippen LogP contribution in [0.2, 0.25) is 0 Å². The lowest BCUT2D eigenvalue weighted by atomic mass is 10.1. The smallest absolute Gasteiger partial charge is 0.269 e. The van der Waals surface area contributed by atoms with Crippen LogP contribution in [0.15, 0.2) is 46.2 Å². The highest BCUT2D eigenvalue weighted by Gasteiger charge is 2.13. The van der Waals surface area contributed by atoms with Crippen molar-refractivity contribution in [1.82, 2.24) is 0 Å². The highest BCUT2D eigenvalue weighted by atomic mass is 32.2. The van der Waals surface area contributed by atoms with Crippen molar-refractivity contribution >= 4 is 17.4 Å². The van der Waals surface area contributed by atoms with Crippen molar-refractivity contribution in [1.29, 1.82) is 0 Å². The van der Waals surface area contributed by atoms with E-state index in [1.165, 1.54) is 30.0 Å². The van der Waals surface area contributed by atoms with Crippen molar-refractivity contribution in [2.45, 2.75) is 29.7 Å². The molecule has 0 saturated carbocycles. The number of hydrogen-bond donors (Lipinski definition) is 1. The van der Waals surface area contributed by atoms with Gasteiger partial charge in [0.1, 0.15) is 5.82 Å². The first-order valence-corrected chi connectivity index (χ1v) is 7.18. The van der Waals surface area contributed by atoms with Crippen LogP contribution in [-0.2, 0) is 0 Å². The topological polar surface area (TPSA) is 69.2 Å². The van der Waals surface area contributed by atoms with Gasteiger partial charge in [-0.3, -0.25) is 10.1 Å². The fourth-order valence-electron chi connectivity index (χ4n) is 1.88. The Morgan fingerprint density at radius 2 is 1.90 bits per heavy atom. The van der Waals surface area contributed by atoms with Gasteiger partial charge in [0, 0.05) is 28.0 Å². The molecule has 0 fully saturated rings. The average Bonchev–Trinajstić information content (AvgIpc) is 2.43. The van der Waals surface area contributed by atoms with E-state index in [4.69, 9.17) is 5.73 Å². The number of benzene rings is 2. The van der Waals surface area contributed by atoms with Crippen LogP contribution >= 0.6 is 11.8 Å². The molecule has 110 valence electrons. The number of rotatable bonds is 4. The van der Waals surface area contributed by atoms with Crippen LogP contribution < -0.4 is 5.73 Å². The maximum atomic E-state index is 13.7. The molecule has 4 nitrogen and oxygen atoms in total. The van der Waals surface area contributed by atoms with E-state index in [9.17, 15) is 14.5 Å². The van der Waals surface area contributed by atoms with Crippen LogP contribution in [-0.4, -0.2) is 4.92 Å². The largest absolute Gasteiger partial charge is 0.324 e. The number of non-ortho nitro benzene ring substituents is 1. The molecule has 1 unspecified atom stereocenters.